The molecule has 0 atom stereocenters. The van der Waals surface area contributed by atoms with Gasteiger partial charge in [-0.2, -0.15) is 4.31 Å². The summed E-state index contributed by atoms with van der Waals surface area (Å²) in [6, 6.07) is 0. The van der Waals surface area contributed by atoms with E-state index >= 15 is 0 Å². The molecule has 0 aromatic carbocycles. The second-order valence-electron chi connectivity index (χ2n) is 4.57. The van der Waals surface area contributed by atoms with Gasteiger partial charge in [0.05, 0.1) is 6.61 Å². The highest BCUT2D eigenvalue weighted by atomic mass is 32.2. The van der Waals surface area contributed by atoms with Crippen LogP contribution < -0.4 is 0 Å². The maximum Gasteiger partial charge on any atom is 0.247 e. The van der Waals surface area contributed by atoms with E-state index in [4.69, 9.17) is 4.42 Å². The monoisotopic (exact) mass is 287 g/mol. The second-order valence-corrected chi connectivity index (χ2v) is 6.44. The van der Waals surface area contributed by atoms with Crippen molar-refractivity contribution in [1.82, 2.24) is 4.31 Å². The zero-order valence-electron chi connectivity index (χ0n) is 11.9. The van der Waals surface area contributed by atoms with Gasteiger partial charge in [-0.05, 0) is 20.8 Å². The van der Waals surface area contributed by atoms with Crippen molar-refractivity contribution in [2.45, 2.75) is 39.2 Å². The molecular weight excluding hydrogens is 266 g/mol. The van der Waals surface area contributed by atoms with E-state index < -0.39 is 10.0 Å². The Morgan fingerprint density at radius 1 is 1.37 bits per heavy atom. The summed E-state index contributed by atoms with van der Waals surface area (Å²) in [4.78, 5) is 0.0793. The Hall–Kier alpha value is -1.11. The van der Waals surface area contributed by atoms with Crippen molar-refractivity contribution < 1.29 is 17.9 Å². The number of aliphatic hydroxyl groups is 1. The molecular formula is C13H21NO4S. The van der Waals surface area contributed by atoms with Crippen LogP contribution in [0.5, 0.6) is 0 Å². The van der Waals surface area contributed by atoms with Gasteiger partial charge >= 0.3 is 0 Å². The highest BCUT2D eigenvalue weighted by Gasteiger charge is 2.31. The Morgan fingerprint density at radius 3 is 2.37 bits per heavy atom. The SMILES string of the molecule is C=C(C)CN(CC)S(=O)(=O)c1c(C)oc(C)c1CO. The lowest BCUT2D eigenvalue weighted by molar-refractivity contribution is 0.276. The Labute approximate surface area is 114 Å². The highest BCUT2D eigenvalue weighted by Crippen LogP contribution is 2.29. The number of furan rings is 1. The van der Waals surface area contributed by atoms with Gasteiger partial charge < -0.3 is 9.52 Å². The first kappa shape index (κ1) is 15.9. The molecule has 19 heavy (non-hydrogen) atoms. The number of aliphatic hydroxyl groups excluding tert-OH is 1. The Bertz CT molecular complexity index is 572. The molecule has 0 fully saturated rings. The van der Waals surface area contributed by atoms with Crippen LogP contribution in [0.2, 0.25) is 0 Å². The molecule has 0 unspecified atom stereocenters. The van der Waals surface area contributed by atoms with Gasteiger partial charge in [-0.15, -0.1) is 0 Å². The third kappa shape index (κ3) is 3.08. The van der Waals surface area contributed by atoms with Gasteiger partial charge in [0.2, 0.25) is 10.0 Å². The summed E-state index contributed by atoms with van der Waals surface area (Å²) in [7, 11) is -3.68. The first-order chi connectivity index (χ1) is 8.75. The van der Waals surface area contributed by atoms with E-state index in [1.54, 1.807) is 27.7 Å². The lowest BCUT2D eigenvalue weighted by Gasteiger charge is -2.20. The largest absolute Gasteiger partial charge is 0.465 e. The molecule has 0 radical (unpaired) electrons. The van der Waals surface area contributed by atoms with Crippen molar-refractivity contribution >= 4 is 10.0 Å². The average molecular weight is 287 g/mol. The van der Waals surface area contributed by atoms with E-state index in [1.807, 2.05) is 0 Å². The normalized spacial score (nSPS) is 12.1. The van der Waals surface area contributed by atoms with Crippen LogP contribution in [0, 0.1) is 13.8 Å². The minimum atomic E-state index is -3.68. The molecule has 1 heterocycles. The lowest BCUT2D eigenvalue weighted by Crippen LogP contribution is -2.33. The fourth-order valence-electron chi connectivity index (χ4n) is 2.03. The molecule has 0 aliphatic carbocycles. The van der Waals surface area contributed by atoms with Gasteiger partial charge in [0.1, 0.15) is 16.4 Å². The van der Waals surface area contributed by atoms with E-state index in [-0.39, 0.29) is 18.0 Å². The standard InChI is InChI=1S/C13H21NO4S/c1-6-14(7-9(2)3)19(16,17)13-11(5)18-10(4)12(13)8-15/h15H,2,6-8H2,1,3-5H3. The summed E-state index contributed by atoms with van der Waals surface area (Å²) in [5, 5.41) is 9.35. The van der Waals surface area contributed by atoms with E-state index in [0.717, 1.165) is 5.57 Å². The number of nitrogens with zero attached hydrogens (tertiary/aromatic N) is 1. The van der Waals surface area contributed by atoms with Crippen LogP contribution in [0.25, 0.3) is 0 Å². The zero-order chi connectivity index (χ0) is 14.8. The smallest absolute Gasteiger partial charge is 0.247 e. The van der Waals surface area contributed by atoms with Gasteiger partial charge in [-0.1, -0.05) is 19.1 Å². The van der Waals surface area contributed by atoms with Crippen molar-refractivity contribution in [3.05, 3.63) is 29.2 Å². The Morgan fingerprint density at radius 2 is 1.95 bits per heavy atom. The molecule has 0 aliphatic rings. The Balaban J connectivity index is 3.37. The topological polar surface area (TPSA) is 70.8 Å². The van der Waals surface area contributed by atoms with E-state index in [0.29, 0.717) is 23.6 Å². The van der Waals surface area contributed by atoms with Crippen LogP contribution in [0.4, 0.5) is 0 Å². The number of rotatable bonds is 6. The fourth-order valence-corrected chi connectivity index (χ4v) is 3.94. The molecule has 0 spiro atoms. The van der Waals surface area contributed by atoms with Crippen LogP contribution in [0.3, 0.4) is 0 Å². The van der Waals surface area contributed by atoms with Crippen LogP contribution in [-0.2, 0) is 16.6 Å². The molecule has 1 aromatic heterocycles. The summed E-state index contributed by atoms with van der Waals surface area (Å²) in [6.07, 6.45) is 0. The third-order valence-corrected chi connectivity index (χ3v) is 5.00. The summed E-state index contributed by atoms with van der Waals surface area (Å²) in [5.41, 5.74) is 1.09. The van der Waals surface area contributed by atoms with Crippen molar-refractivity contribution in [2.24, 2.45) is 0 Å². The van der Waals surface area contributed by atoms with Gasteiger partial charge in [-0.3, -0.25) is 0 Å². The predicted molar refractivity (Wildman–Crippen MR) is 73.4 cm³/mol. The summed E-state index contributed by atoms with van der Waals surface area (Å²) in [5.74, 6) is 0.742. The molecule has 108 valence electrons. The van der Waals surface area contributed by atoms with Gasteiger partial charge in [0.25, 0.3) is 0 Å². The van der Waals surface area contributed by atoms with Crippen molar-refractivity contribution in [2.75, 3.05) is 13.1 Å². The van der Waals surface area contributed by atoms with E-state index in [2.05, 4.69) is 6.58 Å². The van der Waals surface area contributed by atoms with Gasteiger partial charge in [-0.25, -0.2) is 8.42 Å². The Kier molecular flexibility index (Phi) is 4.95. The number of likely N-dealkylation sites (N-methyl/N-ethyl adjacent to an activating group) is 1. The van der Waals surface area contributed by atoms with Gasteiger partial charge in [0.15, 0.2) is 0 Å². The molecule has 0 saturated carbocycles. The average Bonchev–Trinajstić information content (AvgIpc) is 2.60. The zero-order valence-corrected chi connectivity index (χ0v) is 12.7. The van der Waals surface area contributed by atoms with Crippen LogP contribution >= 0.6 is 0 Å². The highest BCUT2D eigenvalue weighted by molar-refractivity contribution is 7.89. The maximum absolute atomic E-state index is 12.6. The van der Waals surface area contributed by atoms with Crippen molar-refractivity contribution in [3.63, 3.8) is 0 Å². The number of hydrogen-bond donors (Lipinski definition) is 1. The first-order valence-electron chi connectivity index (χ1n) is 6.09. The second kappa shape index (κ2) is 5.90. The number of aryl methyl sites for hydroxylation is 2. The number of hydrogen-bond acceptors (Lipinski definition) is 4. The van der Waals surface area contributed by atoms with Gasteiger partial charge in [0, 0.05) is 18.7 Å². The van der Waals surface area contributed by atoms with Crippen LogP contribution in [0.1, 0.15) is 30.9 Å². The van der Waals surface area contributed by atoms with Crippen molar-refractivity contribution in [1.29, 1.82) is 0 Å². The first-order valence-corrected chi connectivity index (χ1v) is 7.53. The lowest BCUT2D eigenvalue weighted by atomic mass is 10.2. The molecule has 1 N–H and O–H groups in total. The quantitative estimate of drug-likeness (QED) is 0.812. The molecule has 1 rings (SSSR count). The minimum absolute atomic E-state index is 0.0793. The molecule has 0 aliphatic heterocycles. The molecule has 5 nitrogen and oxygen atoms in total. The minimum Gasteiger partial charge on any atom is -0.465 e. The van der Waals surface area contributed by atoms with Crippen molar-refractivity contribution in [3.8, 4) is 0 Å². The molecule has 1 aromatic rings. The molecule has 0 saturated heterocycles. The molecule has 6 heteroatoms. The predicted octanol–water partition coefficient (Wildman–Crippen LogP) is 1.98. The maximum atomic E-state index is 12.6. The molecule has 0 amide bonds. The summed E-state index contributed by atoms with van der Waals surface area (Å²) < 4.78 is 31.9. The summed E-state index contributed by atoms with van der Waals surface area (Å²) in [6.45, 7) is 10.8. The third-order valence-electron chi connectivity index (χ3n) is 2.88. The summed E-state index contributed by atoms with van der Waals surface area (Å²) >= 11 is 0. The van der Waals surface area contributed by atoms with E-state index in [1.165, 1.54) is 4.31 Å². The van der Waals surface area contributed by atoms with Crippen LogP contribution in [0.15, 0.2) is 21.5 Å². The molecule has 0 bridgehead atoms. The fraction of sp³-hybridized carbons (Fsp3) is 0.538. The van der Waals surface area contributed by atoms with Crippen LogP contribution in [-0.4, -0.2) is 30.9 Å². The van der Waals surface area contributed by atoms with E-state index in [9.17, 15) is 13.5 Å². The number of sulfonamides is 1.